The van der Waals surface area contributed by atoms with E-state index in [1.165, 1.54) is 0 Å². The van der Waals surface area contributed by atoms with Crippen molar-refractivity contribution in [3.8, 4) is 0 Å². The zero-order valence-corrected chi connectivity index (χ0v) is 18.6. The van der Waals surface area contributed by atoms with E-state index < -0.39 is 51.6 Å². The average Bonchev–Trinajstić information content (AvgIpc) is 2.48. The fraction of sp³-hybridized carbons (Fsp3) is 0.875. The molecule has 0 aliphatic heterocycles. The van der Waals surface area contributed by atoms with Crippen LogP contribution in [-0.4, -0.2) is 47.7 Å². The first kappa shape index (κ1) is 22.4. The van der Waals surface area contributed by atoms with Gasteiger partial charge in [-0.15, -0.1) is 0 Å². The van der Waals surface area contributed by atoms with Crippen LogP contribution in [0.1, 0.15) is 53.4 Å². The molecule has 0 spiro atoms. The summed E-state index contributed by atoms with van der Waals surface area (Å²) in [4.78, 5) is 22.9. The summed E-state index contributed by atoms with van der Waals surface area (Å²) in [5, 5.41) is 18.8. The maximum absolute atomic E-state index is 11.4. The molecule has 4 nitrogen and oxygen atoms in total. The quantitative estimate of drug-likeness (QED) is 0.204. The van der Waals surface area contributed by atoms with E-state index in [-0.39, 0.29) is 7.85 Å². The molecule has 0 saturated heterocycles. The Balaban J connectivity index is 4.41. The molecule has 0 heterocycles. The van der Waals surface area contributed by atoms with Gasteiger partial charge in [-0.3, -0.25) is 0 Å². The second kappa shape index (κ2) is 12.8. The van der Waals surface area contributed by atoms with E-state index in [1.807, 2.05) is 0 Å². The van der Waals surface area contributed by atoms with Crippen molar-refractivity contribution in [2.24, 2.45) is 0 Å². The van der Waals surface area contributed by atoms with Crippen molar-refractivity contribution in [2.45, 2.75) is 61.2 Å². The molecule has 22 heavy (non-hydrogen) atoms. The van der Waals surface area contributed by atoms with Gasteiger partial charge in [-0.1, -0.05) is 0 Å². The summed E-state index contributed by atoms with van der Waals surface area (Å²) in [6.45, 7) is 8.46. The average molecular weight is 542 g/mol. The second-order valence-electron chi connectivity index (χ2n) is 4.96. The van der Waals surface area contributed by atoms with Gasteiger partial charge in [-0.25, -0.2) is 0 Å². The molecule has 134 valence electrons. The predicted molar refractivity (Wildman–Crippen MR) is 112 cm³/mol. The van der Waals surface area contributed by atoms with Crippen molar-refractivity contribution in [1.29, 1.82) is 0 Å². The van der Waals surface area contributed by atoms with Crippen LogP contribution in [0.5, 0.6) is 0 Å². The molecule has 0 bridgehead atoms. The van der Waals surface area contributed by atoms with Gasteiger partial charge >= 0.3 is 150 Å². The Labute approximate surface area is 149 Å². The molecule has 2 unspecified atom stereocenters. The molecule has 0 amide bonds. The van der Waals surface area contributed by atoms with Crippen LogP contribution in [0.15, 0.2) is 0 Å². The number of aliphatic carboxylic acids is 2. The maximum atomic E-state index is 11.4. The number of carboxylic acids is 2. The van der Waals surface area contributed by atoms with Gasteiger partial charge in [0.1, 0.15) is 0 Å². The molecule has 0 aromatic carbocycles. The summed E-state index contributed by atoms with van der Waals surface area (Å²) in [6.07, 6.45) is 3.24. The molecule has 0 aromatic heterocycles. The first-order valence-electron chi connectivity index (χ1n) is 8.08. The van der Waals surface area contributed by atoms with Crippen LogP contribution < -0.4 is 0 Å². The Hall–Kier alpha value is 0.400. The van der Waals surface area contributed by atoms with E-state index in [0.717, 1.165) is 43.4 Å². The molecule has 2 atom stereocenters. The minimum atomic E-state index is -1.37. The molecule has 0 rings (SSSR count). The van der Waals surface area contributed by atoms with E-state index >= 15 is 0 Å². The fourth-order valence-electron chi connectivity index (χ4n) is 2.59. The van der Waals surface area contributed by atoms with E-state index in [0.29, 0.717) is 0 Å². The van der Waals surface area contributed by atoms with Crippen LogP contribution >= 0.6 is 39.6 Å². The van der Waals surface area contributed by atoms with Gasteiger partial charge in [0.05, 0.1) is 0 Å². The van der Waals surface area contributed by atoms with Crippen LogP contribution in [0.3, 0.4) is 0 Å². The van der Waals surface area contributed by atoms with Crippen LogP contribution in [0.4, 0.5) is 0 Å². The van der Waals surface area contributed by atoms with Crippen molar-refractivity contribution in [3.63, 3.8) is 0 Å². The summed E-state index contributed by atoms with van der Waals surface area (Å²) in [5.74, 6) is -1.25. The summed E-state index contributed by atoms with van der Waals surface area (Å²) in [5.41, 5.74) is 0. The third kappa shape index (κ3) is 7.79. The number of unbranched alkanes of at least 4 members (excludes halogenated alkanes) is 1. The minimum absolute atomic E-state index is 0.116. The Kier molecular flexibility index (Phi) is 13.0. The SMILES string of the molecule is CCI(CC)C(CCCCC(C(=O)O)I(CC)CC)C(=O)O. The molecule has 0 aliphatic carbocycles. The van der Waals surface area contributed by atoms with E-state index in [1.54, 1.807) is 0 Å². The summed E-state index contributed by atoms with van der Waals surface area (Å²) in [6, 6.07) is 0. The number of hydrogen-bond acceptors (Lipinski definition) is 2. The third-order valence-electron chi connectivity index (χ3n) is 3.82. The zero-order valence-electron chi connectivity index (χ0n) is 14.3. The van der Waals surface area contributed by atoms with Crippen LogP contribution in [0.2, 0.25) is 0 Å². The Morgan fingerprint density at radius 3 is 1.18 bits per heavy atom. The number of carboxylic acid groups (broad SMARTS) is 2. The standard InChI is InChI=1S/C16H32I2O4/c1-5-17(6-2)13(15(19)20)11-9-10-12-14(16(21)22)18(7-3)8-4/h13-14H,5-12H2,1-4H3,(H,19,20)(H,21,22). The molecule has 0 aliphatic rings. The molecule has 6 heteroatoms. The molecular formula is C16H32I2O4. The molecule has 0 radical (unpaired) electrons. The van der Waals surface area contributed by atoms with Gasteiger partial charge in [-0.2, -0.15) is 0 Å². The van der Waals surface area contributed by atoms with Crippen molar-refractivity contribution in [1.82, 2.24) is 0 Å². The molecular weight excluding hydrogens is 510 g/mol. The van der Waals surface area contributed by atoms with Gasteiger partial charge in [0.2, 0.25) is 0 Å². The van der Waals surface area contributed by atoms with Gasteiger partial charge in [0, 0.05) is 0 Å². The Morgan fingerprint density at radius 1 is 0.727 bits per heavy atom. The number of alkyl halides is 6. The van der Waals surface area contributed by atoms with Gasteiger partial charge in [0.15, 0.2) is 0 Å². The van der Waals surface area contributed by atoms with Crippen LogP contribution in [-0.2, 0) is 9.59 Å². The van der Waals surface area contributed by atoms with Gasteiger partial charge in [0.25, 0.3) is 0 Å². The number of carbonyl (C=O) groups is 2. The van der Waals surface area contributed by atoms with Gasteiger partial charge in [-0.05, 0) is 0 Å². The summed E-state index contributed by atoms with van der Waals surface area (Å²) >= 11 is -2.75. The van der Waals surface area contributed by atoms with Crippen molar-refractivity contribution >= 4 is 51.6 Å². The van der Waals surface area contributed by atoms with Crippen molar-refractivity contribution in [3.05, 3.63) is 0 Å². The Bertz CT molecular complexity index is 296. The van der Waals surface area contributed by atoms with Crippen molar-refractivity contribution < 1.29 is 19.8 Å². The first-order chi connectivity index (χ1) is 10.4. The predicted octanol–water partition coefficient (Wildman–Crippen LogP) is 4.55. The normalized spacial score (nSPS) is 15.1. The van der Waals surface area contributed by atoms with Crippen molar-refractivity contribution in [2.75, 3.05) is 17.7 Å². The van der Waals surface area contributed by atoms with E-state index in [2.05, 4.69) is 27.7 Å². The monoisotopic (exact) mass is 542 g/mol. The summed E-state index contributed by atoms with van der Waals surface area (Å²) < 4.78 is 3.98. The summed E-state index contributed by atoms with van der Waals surface area (Å²) in [7, 11) is 0. The second-order valence-corrected chi connectivity index (χ2v) is 19.8. The molecule has 0 aromatic rings. The fourth-order valence-corrected chi connectivity index (χ4v) is 13.1. The molecule has 0 fully saturated rings. The molecule has 2 N–H and O–H groups in total. The van der Waals surface area contributed by atoms with Crippen LogP contribution in [0.25, 0.3) is 0 Å². The number of hydrogen-bond donors (Lipinski definition) is 2. The topological polar surface area (TPSA) is 74.6 Å². The van der Waals surface area contributed by atoms with E-state index in [9.17, 15) is 19.8 Å². The third-order valence-corrected chi connectivity index (χ3v) is 18.2. The van der Waals surface area contributed by atoms with Crippen LogP contribution in [0, 0.1) is 0 Å². The van der Waals surface area contributed by atoms with Gasteiger partial charge < -0.3 is 0 Å². The van der Waals surface area contributed by atoms with E-state index in [4.69, 9.17) is 0 Å². The zero-order chi connectivity index (χ0) is 17.1. The Morgan fingerprint density at radius 2 is 1.00 bits per heavy atom. The number of rotatable bonds is 13. The number of halogens is 2. The molecule has 0 saturated carbocycles. The first-order valence-corrected chi connectivity index (χ1v) is 16.7.